The summed E-state index contributed by atoms with van der Waals surface area (Å²) in [6.45, 7) is 0.312. The second-order valence-corrected chi connectivity index (χ2v) is 10.2. The van der Waals surface area contributed by atoms with Crippen LogP contribution in [0.2, 0.25) is 0 Å². The van der Waals surface area contributed by atoms with Crippen LogP contribution in [-0.4, -0.2) is 37.5 Å². The van der Waals surface area contributed by atoms with Gasteiger partial charge in [-0.25, -0.2) is 15.0 Å². The van der Waals surface area contributed by atoms with Crippen molar-refractivity contribution < 1.29 is 26.3 Å². The van der Waals surface area contributed by atoms with Crippen LogP contribution in [0.25, 0.3) is 22.2 Å². The largest absolute Gasteiger partial charge is 0.433 e. The van der Waals surface area contributed by atoms with Gasteiger partial charge in [-0.05, 0) is 60.7 Å². The van der Waals surface area contributed by atoms with Crippen molar-refractivity contribution in [3.8, 4) is 11.3 Å². The van der Waals surface area contributed by atoms with Gasteiger partial charge in [-0.2, -0.15) is 38.1 Å². The fraction of sp³-hybridized carbons (Fsp3) is 0.308. The molecule has 6 nitrogen and oxygen atoms in total. The molecule has 5 rings (SSSR count). The van der Waals surface area contributed by atoms with E-state index in [2.05, 4.69) is 30.6 Å². The normalized spacial score (nSPS) is 15.0. The molecule has 0 bridgehead atoms. The number of rotatable bonds is 6. The first-order chi connectivity index (χ1) is 18.6. The lowest BCUT2D eigenvalue weighted by Gasteiger charge is -2.22. The Morgan fingerprint density at radius 3 is 2.38 bits per heavy atom. The maximum Gasteiger partial charge on any atom is 0.433 e. The Kier molecular flexibility index (Phi) is 7.63. The van der Waals surface area contributed by atoms with E-state index >= 15 is 0 Å². The summed E-state index contributed by atoms with van der Waals surface area (Å²) < 4.78 is 79.7. The van der Waals surface area contributed by atoms with Crippen LogP contribution < -0.4 is 10.6 Å². The Morgan fingerprint density at radius 2 is 1.69 bits per heavy atom. The smallest absolute Gasteiger partial charge is 0.338 e. The van der Waals surface area contributed by atoms with Gasteiger partial charge in [0.25, 0.3) is 0 Å². The van der Waals surface area contributed by atoms with Crippen LogP contribution in [0, 0.1) is 0 Å². The number of aromatic nitrogens is 4. The summed E-state index contributed by atoms with van der Waals surface area (Å²) in [6, 6.07) is 9.12. The number of anilines is 2. The van der Waals surface area contributed by atoms with Gasteiger partial charge in [0, 0.05) is 23.2 Å². The minimum absolute atomic E-state index is 0.222. The van der Waals surface area contributed by atoms with Crippen molar-refractivity contribution in [3.05, 3.63) is 71.9 Å². The lowest BCUT2D eigenvalue weighted by atomic mass is 10.0. The first-order valence-corrected chi connectivity index (χ1v) is 13.2. The highest BCUT2D eigenvalue weighted by atomic mass is 32.2. The number of thioether (sulfide) groups is 1. The number of benzene rings is 1. The number of fused-ring (bicyclic) bond motifs is 1. The van der Waals surface area contributed by atoms with Crippen molar-refractivity contribution in [1.29, 1.82) is 0 Å². The van der Waals surface area contributed by atoms with Gasteiger partial charge in [-0.3, -0.25) is 4.98 Å². The van der Waals surface area contributed by atoms with Crippen molar-refractivity contribution in [2.24, 2.45) is 0 Å². The maximum atomic E-state index is 13.6. The number of hydrogen-bond donors (Lipinski definition) is 2. The lowest BCUT2D eigenvalue weighted by Crippen LogP contribution is -2.32. The molecule has 1 saturated heterocycles. The fourth-order valence-electron chi connectivity index (χ4n) is 4.27. The third kappa shape index (κ3) is 6.41. The number of alkyl halides is 6. The Hall–Kier alpha value is -3.45. The molecule has 13 heteroatoms. The monoisotopic (exact) mass is 564 g/mol. The molecule has 1 fully saturated rings. The summed E-state index contributed by atoms with van der Waals surface area (Å²) in [7, 11) is 0. The zero-order valence-corrected chi connectivity index (χ0v) is 21.1. The molecule has 1 aromatic carbocycles. The SMILES string of the molecule is FC(F)(F)c1ccc(Nc2nc(CNC3CCSCC3)nc3cc(-c4ncccc4C(F)(F)F)ccc23)cn1. The van der Waals surface area contributed by atoms with Gasteiger partial charge in [-0.1, -0.05) is 6.07 Å². The van der Waals surface area contributed by atoms with Crippen LogP contribution in [0.5, 0.6) is 0 Å². The zero-order valence-electron chi connectivity index (χ0n) is 20.3. The van der Waals surface area contributed by atoms with Crippen LogP contribution >= 0.6 is 11.8 Å². The summed E-state index contributed by atoms with van der Waals surface area (Å²) in [4.78, 5) is 16.6. The minimum Gasteiger partial charge on any atom is -0.338 e. The van der Waals surface area contributed by atoms with E-state index in [0.717, 1.165) is 42.7 Å². The van der Waals surface area contributed by atoms with Gasteiger partial charge < -0.3 is 10.6 Å². The Morgan fingerprint density at radius 1 is 0.897 bits per heavy atom. The van der Waals surface area contributed by atoms with Gasteiger partial charge >= 0.3 is 12.4 Å². The van der Waals surface area contributed by atoms with Gasteiger partial charge in [0.15, 0.2) is 0 Å². The molecule has 0 unspecified atom stereocenters. The minimum atomic E-state index is -4.60. The van der Waals surface area contributed by atoms with Gasteiger partial charge in [0.05, 0.1) is 35.2 Å². The highest BCUT2D eigenvalue weighted by molar-refractivity contribution is 7.99. The molecular weight excluding hydrogens is 542 g/mol. The lowest BCUT2D eigenvalue weighted by molar-refractivity contribution is -0.141. The molecule has 1 aliphatic rings. The van der Waals surface area contributed by atoms with Crippen LogP contribution in [0.3, 0.4) is 0 Å². The van der Waals surface area contributed by atoms with E-state index in [4.69, 9.17) is 0 Å². The third-order valence-electron chi connectivity index (χ3n) is 6.22. The predicted octanol–water partition coefficient (Wildman–Crippen LogP) is 6.85. The second kappa shape index (κ2) is 11.0. The third-order valence-corrected chi connectivity index (χ3v) is 7.27. The number of nitrogens with zero attached hydrogens (tertiary/aromatic N) is 4. The van der Waals surface area contributed by atoms with Crippen LogP contribution in [0.4, 0.5) is 37.8 Å². The average molecular weight is 565 g/mol. The molecule has 0 aliphatic carbocycles. The standard InChI is InChI=1S/C26H22F6N6S/c27-25(28,29)19-2-1-9-33-23(19)15-3-5-18-20(12-15)37-22(14-34-16-7-10-39-11-8-16)38-24(18)36-17-4-6-21(35-13-17)26(30,31)32/h1-6,9,12-13,16,34H,7-8,10-11,14H2,(H,36,37,38). The first-order valence-electron chi connectivity index (χ1n) is 12.0. The molecule has 0 amide bonds. The highest BCUT2D eigenvalue weighted by Crippen LogP contribution is 2.37. The van der Waals surface area contributed by atoms with E-state index in [1.54, 1.807) is 6.07 Å². The molecule has 39 heavy (non-hydrogen) atoms. The van der Waals surface area contributed by atoms with Crippen molar-refractivity contribution in [3.63, 3.8) is 0 Å². The van der Waals surface area contributed by atoms with Crippen molar-refractivity contribution in [1.82, 2.24) is 25.3 Å². The molecule has 1 aliphatic heterocycles. The zero-order chi connectivity index (χ0) is 27.6. The van der Waals surface area contributed by atoms with E-state index < -0.39 is 23.6 Å². The molecule has 0 radical (unpaired) electrons. The van der Waals surface area contributed by atoms with Crippen molar-refractivity contribution >= 4 is 34.2 Å². The average Bonchev–Trinajstić information content (AvgIpc) is 2.91. The van der Waals surface area contributed by atoms with Crippen molar-refractivity contribution in [2.75, 3.05) is 16.8 Å². The van der Waals surface area contributed by atoms with Crippen LogP contribution in [-0.2, 0) is 18.9 Å². The van der Waals surface area contributed by atoms with Gasteiger partial charge in [0.1, 0.15) is 17.3 Å². The number of pyridine rings is 2. The summed E-state index contributed by atoms with van der Waals surface area (Å²) in [5.74, 6) is 2.76. The Bertz CT molecular complexity index is 1450. The maximum absolute atomic E-state index is 13.6. The number of nitrogens with one attached hydrogen (secondary N) is 2. The van der Waals surface area contributed by atoms with E-state index in [0.29, 0.717) is 29.1 Å². The van der Waals surface area contributed by atoms with Crippen LogP contribution in [0.1, 0.15) is 29.9 Å². The predicted molar refractivity (Wildman–Crippen MR) is 137 cm³/mol. The summed E-state index contributed by atoms with van der Waals surface area (Å²) in [5, 5.41) is 6.89. The molecule has 4 aromatic rings. The molecular formula is C26H22F6N6S. The number of hydrogen-bond acceptors (Lipinski definition) is 7. The van der Waals surface area contributed by atoms with E-state index in [9.17, 15) is 26.3 Å². The molecule has 0 spiro atoms. The summed E-state index contributed by atoms with van der Waals surface area (Å²) >= 11 is 1.89. The fourth-order valence-corrected chi connectivity index (χ4v) is 5.38. The first kappa shape index (κ1) is 27.1. The Labute approximate surface area is 223 Å². The highest BCUT2D eigenvalue weighted by Gasteiger charge is 2.34. The topological polar surface area (TPSA) is 75.6 Å². The van der Waals surface area contributed by atoms with Gasteiger partial charge in [0.2, 0.25) is 0 Å². The number of halogens is 6. The summed E-state index contributed by atoms with van der Waals surface area (Å²) in [5.41, 5.74) is -1.29. The molecule has 4 heterocycles. The Balaban J connectivity index is 1.53. The van der Waals surface area contributed by atoms with E-state index in [-0.39, 0.29) is 23.0 Å². The van der Waals surface area contributed by atoms with Crippen molar-refractivity contribution in [2.45, 2.75) is 37.8 Å². The van der Waals surface area contributed by atoms with E-state index in [1.165, 1.54) is 30.5 Å². The van der Waals surface area contributed by atoms with E-state index in [1.807, 2.05) is 11.8 Å². The second-order valence-electron chi connectivity index (χ2n) is 8.94. The quantitative estimate of drug-likeness (QED) is 0.248. The van der Waals surface area contributed by atoms with Crippen LogP contribution in [0.15, 0.2) is 54.9 Å². The molecule has 3 aromatic heterocycles. The summed E-state index contributed by atoms with van der Waals surface area (Å²) in [6.07, 6.45) is -4.85. The molecule has 204 valence electrons. The molecule has 2 N–H and O–H groups in total. The van der Waals surface area contributed by atoms with Gasteiger partial charge in [-0.15, -0.1) is 0 Å². The molecule has 0 saturated carbocycles. The molecule has 0 atom stereocenters.